The summed E-state index contributed by atoms with van der Waals surface area (Å²) in [4.78, 5) is 18.9. The molecule has 1 heterocycles. The van der Waals surface area contributed by atoms with E-state index in [2.05, 4.69) is 15.3 Å². The lowest BCUT2D eigenvalue weighted by atomic mass is 10.2. The number of aromatic nitrogens is 2. The molecule has 1 N–H and O–H groups in total. The Kier molecular flexibility index (Phi) is 4.74. The van der Waals surface area contributed by atoms with Gasteiger partial charge in [-0.3, -0.25) is 10.1 Å². The molecule has 0 saturated carbocycles. The van der Waals surface area contributed by atoms with Crippen molar-refractivity contribution in [3.63, 3.8) is 0 Å². The number of ether oxygens (including phenoxy) is 1. The second kappa shape index (κ2) is 7.50. The predicted molar refractivity (Wildman–Crippen MR) is 107 cm³/mol. The van der Waals surface area contributed by atoms with Crippen LogP contribution in [0, 0.1) is 10.1 Å². The fourth-order valence-electron chi connectivity index (χ4n) is 2.66. The third-order valence-electron chi connectivity index (χ3n) is 3.96. The van der Waals surface area contributed by atoms with E-state index >= 15 is 0 Å². The Bertz CT molecular complexity index is 1150. The van der Waals surface area contributed by atoms with Crippen molar-refractivity contribution in [2.24, 2.45) is 0 Å². The molecule has 0 saturated heterocycles. The number of fused-ring (bicyclic) bond motifs is 1. The molecule has 4 aromatic rings. The first kappa shape index (κ1) is 17.7. The summed E-state index contributed by atoms with van der Waals surface area (Å²) in [5.74, 6) is 1.80. The number of nitro groups is 1. The van der Waals surface area contributed by atoms with Gasteiger partial charge in [-0.2, -0.15) is 4.98 Å². The lowest BCUT2D eigenvalue weighted by Crippen LogP contribution is -1.98. The monoisotopic (exact) mass is 392 g/mol. The zero-order valence-corrected chi connectivity index (χ0v) is 15.1. The van der Waals surface area contributed by atoms with Gasteiger partial charge in [0, 0.05) is 23.2 Å². The van der Waals surface area contributed by atoms with E-state index in [1.54, 1.807) is 6.07 Å². The van der Waals surface area contributed by atoms with Crippen molar-refractivity contribution in [3.8, 4) is 11.5 Å². The molecule has 0 radical (unpaired) electrons. The molecule has 4 rings (SSSR count). The number of rotatable bonds is 5. The van der Waals surface area contributed by atoms with E-state index in [1.807, 2.05) is 54.6 Å². The number of anilines is 2. The predicted octanol–water partition coefficient (Wildman–Crippen LogP) is 5.73. The Hall–Kier alpha value is -3.71. The SMILES string of the molecule is O=[N+]([O-])c1ccc2nc(Cl)nc(Nc3ccc(Oc4ccccc4)cc3)c2c1. The molecular weight excluding hydrogens is 380 g/mol. The summed E-state index contributed by atoms with van der Waals surface area (Å²) in [7, 11) is 0. The van der Waals surface area contributed by atoms with Crippen LogP contribution in [0.5, 0.6) is 11.5 Å². The molecule has 28 heavy (non-hydrogen) atoms. The molecule has 0 aliphatic carbocycles. The maximum absolute atomic E-state index is 11.1. The van der Waals surface area contributed by atoms with Crippen molar-refractivity contribution in [1.82, 2.24) is 9.97 Å². The second-order valence-electron chi connectivity index (χ2n) is 5.86. The van der Waals surface area contributed by atoms with Crippen LogP contribution in [0.3, 0.4) is 0 Å². The van der Waals surface area contributed by atoms with Crippen LogP contribution in [0.4, 0.5) is 17.2 Å². The van der Waals surface area contributed by atoms with Crippen LogP contribution in [-0.4, -0.2) is 14.9 Å². The number of nitro benzene ring substituents is 1. The van der Waals surface area contributed by atoms with Crippen LogP contribution in [0.2, 0.25) is 5.28 Å². The third-order valence-corrected chi connectivity index (χ3v) is 4.13. The first-order chi connectivity index (χ1) is 13.6. The van der Waals surface area contributed by atoms with Gasteiger partial charge in [-0.15, -0.1) is 0 Å². The fraction of sp³-hybridized carbons (Fsp3) is 0. The molecule has 0 fully saturated rings. The molecular formula is C20H13ClN4O3. The maximum atomic E-state index is 11.1. The van der Waals surface area contributed by atoms with Gasteiger partial charge in [0.15, 0.2) is 0 Å². The highest BCUT2D eigenvalue weighted by Crippen LogP contribution is 2.29. The summed E-state index contributed by atoms with van der Waals surface area (Å²) in [6.07, 6.45) is 0. The van der Waals surface area contributed by atoms with Gasteiger partial charge >= 0.3 is 0 Å². The van der Waals surface area contributed by atoms with E-state index in [0.29, 0.717) is 22.5 Å². The van der Waals surface area contributed by atoms with Gasteiger partial charge in [0.25, 0.3) is 5.69 Å². The largest absolute Gasteiger partial charge is 0.457 e. The highest BCUT2D eigenvalue weighted by atomic mass is 35.5. The Morgan fingerprint density at radius 1 is 0.929 bits per heavy atom. The Labute approximate surface area is 164 Å². The highest BCUT2D eigenvalue weighted by molar-refractivity contribution is 6.28. The van der Waals surface area contributed by atoms with Crippen LogP contribution in [0.25, 0.3) is 10.9 Å². The molecule has 0 amide bonds. The van der Waals surface area contributed by atoms with Crippen molar-refractivity contribution in [3.05, 3.63) is 88.2 Å². The van der Waals surface area contributed by atoms with Crippen LogP contribution in [-0.2, 0) is 0 Å². The molecule has 0 atom stereocenters. The molecule has 0 aliphatic rings. The molecule has 0 spiro atoms. The minimum atomic E-state index is -0.465. The summed E-state index contributed by atoms with van der Waals surface area (Å²) < 4.78 is 5.77. The molecule has 138 valence electrons. The van der Waals surface area contributed by atoms with Crippen molar-refractivity contribution >= 4 is 39.7 Å². The molecule has 1 aromatic heterocycles. The quantitative estimate of drug-likeness (QED) is 0.265. The van der Waals surface area contributed by atoms with Gasteiger partial charge in [0.05, 0.1) is 10.4 Å². The molecule has 8 heteroatoms. The van der Waals surface area contributed by atoms with Gasteiger partial charge in [-0.05, 0) is 54.1 Å². The Morgan fingerprint density at radius 3 is 2.36 bits per heavy atom. The standard InChI is InChI=1S/C20H13ClN4O3/c21-20-23-18-11-8-14(25(26)27)12-17(18)19(24-20)22-13-6-9-16(10-7-13)28-15-4-2-1-3-5-15/h1-12H,(H,22,23,24). The molecule has 0 bridgehead atoms. The van der Waals surface area contributed by atoms with Gasteiger partial charge < -0.3 is 10.1 Å². The van der Waals surface area contributed by atoms with Crippen molar-refractivity contribution in [1.29, 1.82) is 0 Å². The van der Waals surface area contributed by atoms with Crippen molar-refractivity contribution in [2.45, 2.75) is 0 Å². The number of para-hydroxylation sites is 1. The van der Waals surface area contributed by atoms with Gasteiger partial charge in [-0.1, -0.05) is 18.2 Å². The summed E-state index contributed by atoms with van der Waals surface area (Å²) in [6, 6.07) is 21.0. The fourth-order valence-corrected chi connectivity index (χ4v) is 2.84. The smallest absolute Gasteiger partial charge is 0.270 e. The summed E-state index contributed by atoms with van der Waals surface area (Å²) in [5, 5.41) is 14.8. The maximum Gasteiger partial charge on any atom is 0.270 e. The van der Waals surface area contributed by atoms with Gasteiger partial charge in [-0.25, -0.2) is 4.98 Å². The first-order valence-corrected chi connectivity index (χ1v) is 8.68. The number of hydrogen-bond donors (Lipinski definition) is 1. The summed E-state index contributed by atoms with van der Waals surface area (Å²) >= 11 is 5.99. The van der Waals surface area contributed by atoms with Crippen LogP contribution in [0.1, 0.15) is 0 Å². The Balaban J connectivity index is 1.62. The number of benzene rings is 3. The number of nitrogens with zero attached hydrogens (tertiary/aromatic N) is 3. The van der Waals surface area contributed by atoms with E-state index in [9.17, 15) is 10.1 Å². The normalized spacial score (nSPS) is 10.6. The number of non-ortho nitro benzene ring substituents is 1. The average Bonchev–Trinajstić information content (AvgIpc) is 2.70. The Morgan fingerprint density at radius 2 is 1.64 bits per heavy atom. The van der Waals surface area contributed by atoms with Crippen molar-refractivity contribution in [2.75, 3.05) is 5.32 Å². The highest BCUT2D eigenvalue weighted by Gasteiger charge is 2.13. The topological polar surface area (TPSA) is 90.2 Å². The van der Waals surface area contributed by atoms with Gasteiger partial charge in [0.1, 0.15) is 17.3 Å². The molecule has 3 aromatic carbocycles. The van der Waals surface area contributed by atoms with E-state index in [4.69, 9.17) is 16.3 Å². The summed E-state index contributed by atoms with van der Waals surface area (Å²) in [6.45, 7) is 0. The molecule has 0 unspecified atom stereocenters. The zero-order chi connectivity index (χ0) is 19.5. The van der Waals surface area contributed by atoms with E-state index in [0.717, 1.165) is 11.4 Å². The average molecular weight is 393 g/mol. The second-order valence-corrected chi connectivity index (χ2v) is 6.20. The van der Waals surface area contributed by atoms with Crippen LogP contribution < -0.4 is 10.1 Å². The lowest BCUT2D eigenvalue weighted by molar-refractivity contribution is -0.384. The number of hydrogen-bond acceptors (Lipinski definition) is 6. The van der Waals surface area contributed by atoms with E-state index < -0.39 is 4.92 Å². The van der Waals surface area contributed by atoms with Gasteiger partial charge in [0.2, 0.25) is 5.28 Å². The number of halogens is 1. The van der Waals surface area contributed by atoms with E-state index in [1.165, 1.54) is 12.1 Å². The van der Waals surface area contributed by atoms with Crippen molar-refractivity contribution < 1.29 is 9.66 Å². The number of nitrogens with one attached hydrogen (secondary N) is 1. The zero-order valence-electron chi connectivity index (χ0n) is 14.4. The minimum absolute atomic E-state index is 0.0481. The van der Waals surface area contributed by atoms with Crippen LogP contribution in [0.15, 0.2) is 72.8 Å². The first-order valence-electron chi connectivity index (χ1n) is 8.30. The minimum Gasteiger partial charge on any atom is -0.457 e. The summed E-state index contributed by atoms with van der Waals surface area (Å²) in [5.41, 5.74) is 1.19. The van der Waals surface area contributed by atoms with E-state index in [-0.39, 0.29) is 11.0 Å². The van der Waals surface area contributed by atoms with Crippen LogP contribution >= 0.6 is 11.6 Å². The third kappa shape index (κ3) is 3.84. The lowest BCUT2D eigenvalue weighted by Gasteiger charge is -2.10. The molecule has 0 aliphatic heterocycles. The molecule has 7 nitrogen and oxygen atoms in total.